The first-order chi connectivity index (χ1) is 10.0. The molecule has 0 aliphatic rings. The lowest BCUT2D eigenvalue weighted by atomic mass is 9.89. The van der Waals surface area contributed by atoms with Gasteiger partial charge in [-0.25, -0.2) is 9.37 Å². The van der Waals surface area contributed by atoms with Crippen LogP contribution >= 0.6 is 23.2 Å². The zero-order valence-electron chi connectivity index (χ0n) is 12.7. The molecule has 0 saturated heterocycles. The van der Waals surface area contributed by atoms with E-state index in [4.69, 9.17) is 23.2 Å². The van der Waals surface area contributed by atoms with Crippen molar-refractivity contribution in [3.63, 3.8) is 0 Å². The molecule has 21 heavy (non-hydrogen) atoms. The van der Waals surface area contributed by atoms with Crippen molar-refractivity contribution < 1.29 is 4.39 Å². The predicted molar refractivity (Wildman–Crippen MR) is 88.0 cm³/mol. The van der Waals surface area contributed by atoms with Crippen LogP contribution in [0.3, 0.4) is 0 Å². The Kier molecular flexibility index (Phi) is 5.15. The van der Waals surface area contributed by atoms with Gasteiger partial charge >= 0.3 is 0 Å². The summed E-state index contributed by atoms with van der Waals surface area (Å²) < 4.78 is 16.1. The van der Waals surface area contributed by atoms with Gasteiger partial charge in [0.05, 0.1) is 16.1 Å². The van der Waals surface area contributed by atoms with E-state index in [9.17, 15) is 4.39 Å². The maximum Gasteiger partial charge on any atom is 0.144 e. The van der Waals surface area contributed by atoms with E-state index in [1.807, 2.05) is 0 Å². The van der Waals surface area contributed by atoms with Gasteiger partial charge in [0.15, 0.2) is 0 Å². The second kappa shape index (κ2) is 6.53. The van der Waals surface area contributed by atoms with E-state index in [1.54, 1.807) is 6.07 Å². The van der Waals surface area contributed by atoms with Gasteiger partial charge in [-0.05, 0) is 25.3 Å². The largest absolute Gasteiger partial charge is 0.322 e. The Bertz CT molecular complexity index is 624. The zero-order chi connectivity index (χ0) is 15.6. The fourth-order valence-corrected chi connectivity index (χ4v) is 3.46. The van der Waals surface area contributed by atoms with Crippen LogP contribution in [0.1, 0.15) is 45.9 Å². The van der Waals surface area contributed by atoms with Crippen LogP contribution in [0.25, 0.3) is 11.0 Å². The van der Waals surface area contributed by atoms with E-state index < -0.39 is 5.82 Å². The summed E-state index contributed by atoms with van der Waals surface area (Å²) in [4.78, 5) is 4.64. The molecule has 0 unspecified atom stereocenters. The molecule has 5 heteroatoms. The highest BCUT2D eigenvalue weighted by molar-refractivity contribution is 6.31. The van der Waals surface area contributed by atoms with Gasteiger partial charge in [0.25, 0.3) is 0 Å². The molecule has 0 amide bonds. The van der Waals surface area contributed by atoms with Crippen LogP contribution in [0.2, 0.25) is 5.02 Å². The minimum Gasteiger partial charge on any atom is -0.322 e. The van der Waals surface area contributed by atoms with Gasteiger partial charge in [-0.15, -0.1) is 11.6 Å². The van der Waals surface area contributed by atoms with E-state index in [-0.39, 0.29) is 10.6 Å². The minimum atomic E-state index is -0.403. The Morgan fingerprint density at radius 1 is 1.19 bits per heavy atom. The van der Waals surface area contributed by atoms with Gasteiger partial charge in [0.2, 0.25) is 0 Å². The number of fused-ring (bicyclic) bond motifs is 1. The van der Waals surface area contributed by atoms with Crippen molar-refractivity contribution in [2.45, 2.75) is 52.0 Å². The third-order valence-electron chi connectivity index (χ3n) is 4.53. The second-order valence-corrected chi connectivity index (χ2v) is 6.13. The van der Waals surface area contributed by atoms with E-state index in [0.29, 0.717) is 12.3 Å². The molecule has 2 nitrogen and oxygen atoms in total. The van der Waals surface area contributed by atoms with Gasteiger partial charge in [-0.1, -0.05) is 32.4 Å². The van der Waals surface area contributed by atoms with Gasteiger partial charge in [-0.2, -0.15) is 0 Å². The maximum absolute atomic E-state index is 13.9. The quantitative estimate of drug-likeness (QED) is 0.636. The lowest BCUT2D eigenvalue weighted by Crippen LogP contribution is -2.33. The summed E-state index contributed by atoms with van der Waals surface area (Å²) in [6.45, 7) is 6.49. The molecule has 0 atom stereocenters. The molecule has 0 N–H and O–H groups in total. The molecule has 1 aromatic carbocycles. The van der Waals surface area contributed by atoms with Gasteiger partial charge in [-0.3, -0.25) is 0 Å². The number of aromatic nitrogens is 2. The van der Waals surface area contributed by atoms with Crippen LogP contribution in [-0.2, 0) is 12.0 Å². The van der Waals surface area contributed by atoms with E-state index in [1.165, 1.54) is 6.07 Å². The van der Waals surface area contributed by atoms with Crippen molar-refractivity contribution in [1.82, 2.24) is 9.55 Å². The lowest BCUT2D eigenvalue weighted by molar-refractivity contribution is 0.251. The van der Waals surface area contributed by atoms with Crippen LogP contribution in [0.15, 0.2) is 12.1 Å². The predicted octanol–water partition coefficient (Wildman–Crippen LogP) is 5.54. The number of rotatable bonds is 6. The maximum atomic E-state index is 13.9. The summed E-state index contributed by atoms with van der Waals surface area (Å²) in [7, 11) is 0. The zero-order valence-corrected chi connectivity index (χ0v) is 14.2. The van der Waals surface area contributed by atoms with Crippen molar-refractivity contribution in [2.75, 3.05) is 5.88 Å². The molecule has 1 heterocycles. The number of halogens is 3. The fraction of sp³-hybridized carbons (Fsp3) is 0.562. The molecular weight excluding hydrogens is 310 g/mol. The highest BCUT2D eigenvalue weighted by Crippen LogP contribution is 2.36. The molecular formula is C16H21Cl2FN2. The van der Waals surface area contributed by atoms with Crippen molar-refractivity contribution in [2.24, 2.45) is 0 Å². The number of hydrogen-bond donors (Lipinski definition) is 0. The van der Waals surface area contributed by atoms with Crippen LogP contribution in [-0.4, -0.2) is 15.4 Å². The third-order valence-corrected chi connectivity index (χ3v) is 5.01. The Morgan fingerprint density at radius 2 is 1.81 bits per heavy atom. The first-order valence-corrected chi connectivity index (χ1v) is 8.37. The Hall–Kier alpha value is -0.800. The topological polar surface area (TPSA) is 17.8 Å². The first kappa shape index (κ1) is 16.6. The van der Waals surface area contributed by atoms with Crippen molar-refractivity contribution in [1.29, 1.82) is 0 Å². The fourth-order valence-electron chi connectivity index (χ4n) is 3.13. The molecule has 0 radical (unpaired) electrons. The van der Waals surface area contributed by atoms with Gasteiger partial charge in [0, 0.05) is 23.9 Å². The Balaban J connectivity index is 2.79. The van der Waals surface area contributed by atoms with Crippen molar-refractivity contribution >= 4 is 34.2 Å². The monoisotopic (exact) mass is 330 g/mol. The molecule has 0 spiro atoms. The lowest BCUT2D eigenvalue weighted by Gasteiger charge is -2.34. The summed E-state index contributed by atoms with van der Waals surface area (Å²) in [6, 6.07) is 3.10. The summed E-state index contributed by atoms with van der Waals surface area (Å²) in [5.41, 5.74) is 1.49. The summed E-state index contributed by atoms with van der Waals surface area (Å²) in [5.74, 6) is 0.999. The Labute approximate surface area is 135 Å². The standard InChI is InChI=1S/C16H21Cl2FN2/c1-4-16(5-2,6-3)21-14-10-12(19)11(18)9-13(14)20-15(21)7-8-17/h9-10H,4-8H2,1-3H3. The molecule has 0 saturated carbocycles. The highest BCUT2D eigenvalue weighted by Gasteiger charge is 2.30. The number of aryl methyl sites for hydroxylation is 1. The average Bonchev–Trinajstić information content (AvgIpc) is 2.81. The minimum absolute atomic E-state index is 0.0591. The number of alkyl halides is 1. The normalized spacial score (nSPS) is 12.3. The van der Waals surface area contributed by atoms with Crippen molar-refractivity contribution in [3.8, 4) is 0 Å². The number of hydrogen-bond acceptors (Lipinski definition) is 1. The van der Waals surface area contributed by atoms with E-state index >= 15 is 0 Å². The molecule has 0 fully saturated rings. The Morgan fingerprint density at radius 3 is 2.33 bits per heavy atom. The summed E-state index contributed by atoms with van der Waals surface area (Å²) >= 11 is 11.8. The van der Waals surface area contributed by atoms with Gasteiger partial charge < -0.3 is 4.57 Å². The summed E-state index contributed by atoms with van der Waals surface area (Å²) in [6.07, 6.45) is 3.55. The number of imidazole rings is 1. The molecule has 0 aliphatic carbocycles. The summed E-state index contributed by atoms with van der Waals surface area (Å²) in [5, 5.41) is 0.111. The smallest absolute Gasteiger partial charge is 0.144 e. The molecule has 2 aromatic rings. The second-order valence-electron chi connectivity index (χ2n) is 5.34. The van der Waals surface area contributed by atoms with Crippen LogP contribution in [0.4, 0.5) is 4.39 Å². The SMILES string of the molecule is CCC(CC)(CC)n1c(CCCl)nc2cc(Cl)c(F)cc21. The molecule has 2 rings (SSSR count). The molecule has 1 aromatic heterocycles. The number of benzene rings is 1. The van der Waals surface area contributed by atoms with Crippen molar-refractivity contribution in [3.05, 3.63) is 28.8 Å². The van der Waals surface area contributed by atoms with E-state index in [2.05, 4.69) is 30.3 Å². The third kappa shape index (κ3) is 2.78. The van der Waals surface area contributed by atoms with E-state index in [0.717, 1.165) is 36.1 Å². The number of nitrogens with zero attached hydrogens (tertiary/aromatic N) is 2. The van der Waals surface area contributed by atoms with Crippen LogP contribution in [0.5, 0.6) is 0 Å². The molecule has 116 valence electrons. The first-order valence-electron chi connectivity index (χ1n) is 7.45. The molecule has 0 bridgehead atoms. The average molecular weight is 331 g/mol. The van der Waals surface area contributed by atoms with Crippen LogP contribution in [0, 0.1) is 5.82 Å². The highest BCUT2D eigenvalue weighted by atomic mass is 35.5. The molecule has 0 aliphatic heterocycles. The van der Waals surface area contributed by atoms with Crippen LogP contribution < -0.4 is 0 Å². The van der Waals surface area contributed by atoms with Gasteiger partial charge in [0.1, 0.15) is 11.6 Å².